The zero-order valence-corrected chi connectivity index (χ0v) is 21.9. The largest absolute Gasteiger partial charge is 0.462 e. The van der Waals surface area contributed by atoms with Gasteiger partial charge in [-0.1, -0.05) is 29.8 Å². The van der Waals surface area contributed by atoms with Gasteiger partial charge in [-0.3, -0.25) is 9.59 Å². The Balaban J connectivity index is 1.41. The third-order valence-electron chi connectivity index (χ3n) is 5.86. The van der Waals surface area contributed by atoms with Gasteiger partial charge in [-0.15, -0.1) is 11.3 Å². The van der Waals surface area contributed by atoms with Crippen molar-refractivity contribution in [3.8, 4) is 5.75 Å². The number of aryl methyl sites for hydroxylation is 2. The number of hydrazone groups is 1. The van der Waals surface area contributed by atoms with E-state index in [0.717, 1.165) is 41.7 Å². The minimum absolute atomic E-state index is 0.202. The van der Waals surface area contributed by atoms with Crippen LogP contribution in [0, 0.1) is 6.92 Å². The maximum atomic E-state index is 12.6. The summed E-state index contributed by atoms with van der Waals surface area (Å²) in [5, 5.41) is 6.68. The SMILES string of the molecule is CCOC(=O)c1c(NC(=O)C(=O)N/N=C/c2ccccc2OC(=O)c2ccc(C)cc2)sc2c1CCCC2. The number of hydrogen-bond acceptors (Lipinski definition) is 8. The zero-order valence-electron chi connectivity index (χ0n) is 21.0. The number of carbonyl (C=O) groups is 4. The Labute approximate surface area is 223 Å². The lowest BCUT2D eigenvalue weighted by Gasteiger charge is -2.12. The van der Waals surface area contributed by atoms with Gasteiger partial charge in [-0.2, -0.15) is 5.10 Å². The number of hydrogen-bond donors (Lipinski definition) is 2. The van der Waals surface area contributed by atoms with Crippen LogP contribution in [0.25, 0.3) is 0 Å². The molecule has 1 aliphatic carbocycles. The number of amides is 2. The predicted molar refractivity (Wildman–Crippen MR) is 144 cm³/mol. The highest BCUT2D eigenvalue weighted by Crippen LogP contribution is 2.38. The van der Waals surface area contributed by atoms with Crippen LogP contribution in [0.4, 0.5) is 5.00 Å². The van der Waals surface area contributed by atoms with Crippen LogP contribution in [0.15, 0.2) is 53.6 Å². The summed E-state index contributed by atoms with van der Waals surface area (Å²) in [6.45, 7) is 3.83. The van der Waals surface area contributed by atoms with Crippen LogP contribution in [-0.2, 0) is 27.2 Å². The second-order valence-corrected chi connectivity index (χ2v) is 9.69. The Bertz CT molecular complexity index is 1390. The number of esters is 2. The number of thiophene rings is 1. The molecule has 0 spiro atoms. The Kier molecular flexibility index (Phi) is 8.65. The molecule has 196 valence electrons. The Morgan fingerprint density at radius 2 is 1.71 bits per heavy atom. The molecule has 1 aliphatic rings. The van der Waals surface area contributed by atoms with Crippen LogP contribution in [0.1, 0.15) is 62.0 Å². The van der Waals surface area contributed by atoms with Crippen molar-refractivity contribution < 1.29 is 28.7 Å². The molecule has 1 aromatic heterocycles. The molecule has 1 heterocycles. The van der Waals surface area contributed by atoms with E-state index in [0.29, 0.717) is 21.7 Å². The fraction of sp³-hybridized carbons (Fsp3) is 0.250. The van der Waals surface area contributed by atoms with E-state index in [2.05, 4.69) is 15.8 Å². The average Bonchev–Trinajstić information content (AvgIpc) is 3.28. The van der Waals surface area contributed by atoms with Gasteiger partial charge in [0.25, 0.3) is 0 Å². The summed E-state index contributed by atoms with van der Waals surface area (Å²) < 4.78 is 10.7. The van der Waals surface area contributed by atoms with Crippen molar-refractivity contribution in [3.05, 3.63) is 81.2 Å². The highest BCUT2D eigenvalue weighted by molar-refractivity contribution is 7.17. The van der Waals surface area contributed by atoms with Gasteiger partial charge in [-0.05, 0) is 69.4 Å². The lowest BCUT2D eigenvalue weighted by molar-refractivity contribution is -0.136. The van der Waals surface area contributed by atoms with Gasteiger partial charge in [0.05, 0.1) is 23.9 Å². The summed E-state index contributed by atoms with van der Waals surface area (Å²) in [4.78, 5) is 51.1. The molecule has 0 unspecified atom stereocenters. The highest BCUT2D eigenvalue weighted by Gasteiger charge is 2.28. The summed E-state index contributed by atoms with van der Waals surface area (Å²) in [6.07, 6.45) is 4.75. The minimum atomic E-state index is -1.02. The van der Waals surface area contributed by atoms with E-state index in [-0.39, 0.29) is 12.4 Å². The topological polar surface area (TPSA) is 123 Å². The lowest BCUT2D eigenvalue weighted by atomic mass is 9.95. The molecule has 0 fully saturated rings. The van der Waals surface area contributed by atoms with Crippen LogP contribution < -0.4 is 15.5 Å². The molecule has 0 radical (unpaired) electrons. The summed E-state index contributed by atoms with van der Waals surface area (Å²) in [5.41, 5.74) is 5.20. The third kappa shape index (κ3) is 6.33. The number of fused-ring (bicyclic) bond motifs is 1. The number of ether oxygens (including phenoxy) is 2. The fourth-order valence-corrected chi connectivity index (χ4v) is 5.25. The predicted octanol–water partition coefficient (Wildman–Crippen LogP) is 4.42. The first-order valence-electron chi connectivity index (χ1n) is 12.2. The first-order chi connectivity index (χ1) is 18.4. The van der Waals surface area contributed by atoms with E-state index in [1.54, 1.807) is 43.3 Å². The maximum absolute atomic E-state index is 12.6. The summed E-state index contributed by atoms with van der Waals surface area (Å²) in [6, 6.07) is 13.6. The number of anilines is 1. The van der Waals surface area contributed by atoms with Crippen molar-refractivity contribution in [2.45, 2.75) is 39.5 Å². The molecule has 38 heavy (non-hydrogen) atoms. The maximum Gasteiger partial charge on any atom is 0.343 e. The lowest BCUT2D eigenvalue weighted by Crippen LogP contribution is -2.32. The van der Waals surface area contributed by atoms with Gasteiger partial charge in [0, 0.05) is 10.4 Å². The zero-order chi connectivity index (χ0) is 27.1. The van der Waals surface area contributed by atoms with Crippen LogP contribution in [0.2, 0.25) is 0 Å². The van der Waals surface area contributed by atoms with E-state index in [9.17, 15) is 19.2 Å². The quantitative estimate of drug-likeness (QED) is 0.152. The van der Waals surface area contributed by atoms with Crippen LogP contribution in [0.3, 0.4) is 0 Å². The second-order valence-electron chi connectivity index (χ2n) is 8.58. The van der Waals surface area contributed by atoms with Crippen molar-refractivity contribution in [3.63, 3.8) is 0 Å². The van der Waals surface area contributed by atoms with Crippen LogP contribution in [-0.4, -0.2) is 36.6 Å². The molecule has 0 atom stereocenters. The standard InChI is InChI=1S/C28H27N3O6S/c1-3-36-28(35)23-20-9-5-7-11-22(20)38-26(23)30-24(32)25(33)31-29-16-19-8-4-6-10-21(19)37-27(34)18-14-12-17(2)13-15-18/h4,6,8,10,12-16H,3,5,7,9,11H2,1-2H3,(H,30,32)(H,31,33)/b29-16+. The Morgan fingerprint density at radius 3 is 2.47 bits per heavy atom. The van der Waals surface area contributed by atoms with E-state index in [1.165, 1.54) is 17.6 Å². The van der Waals surface area contributed by atoms with Crippen molar-refractivity contribution in [2.24, 2.45) is 5.10 Å². The summed E-state index contributed by atoms with van der Waals surface area (Å²) >= 11 is 1.29. The van der Waals surface area contributed by atoms with Gasteiger partial charge in [-0.25, -0.2) is 15.0 Å². The molecule has 2 amide bonds. The van der Waals surface area contributed by atoms with Gasteiger partial charge >= 0.3 is 23.8 Å². The smallest absolute Gasteiger partial charge is 0.343 e. The van der Waals surface area contributed by atoms with Gasteiger partial charge in [0.1, 0.15) is 10.8 Å². The first-order valence-corrected chi connectivity index (χ1v) is 13.0. The number of benzene rings is 2. The minimum Gasteiger partial charge on any atom is -0.462 e. The number of nitrogens with one attached hydrogen (secondary N) is 2. The molecule has 0 bridgehead atoms. The normalized spacial score (nSPS) is 12.5. The molecule has 10 heteroatoms. The molecular formula is C28H27N3O6S. The molecule has 9 nitrogen and oxygen atoms in total. The Morgan fingerprint density at radius 1 is 0.974 bits per heavy atom. The van der Waals surface area contributed by atoms with E-state index in [1.807, 2.05) is 19.1 Å². The first kappa shape index (κ1) is 26.7. The molecule has 0 saturated carbocycles. The van der Waals surface area contributed by atoms with E-state index in [4.69, 9.17) is 9.47 Å². The third-order valence-corrected chi connectivity index (χ3v) is 7.07. The van der Waals surface area contributed by atoms with Gasteiger partial charge in [0.2, 0.25) is 0 Å². The number of para-hydroxylation sites is 1. The monoisotopic (exact) mass is 533 g/mol. The average molecular weight is 534 g/mol. The molecular weight excluding hydrogens is 506 g/mol. The van der Waals surface area contributed by atoms with Crippen molar-refractivity contribution in [2.75, 3.05) is 11.9 Å². The van der Waals surface area contributed by atoms with E-state index < -0.39 is 23.8 Å². The number of rotatable bonds is 7. The number of nitrogens with zero attached hydrogens (tertiary/aromatic N) is 1. The highest BCUT2D eigenvalue weighted by atomic mass is 32.1. The molecule has 2 aromatic carbocycles. The second kappa shape index (κ2) is 12.3. The van der Waals surface area contributed by atoms with E-state index >= 15 is 0 Å². The molecule has 0 aliphatic heterocycles. The van der Waals surface area contributed by atoms with Gasteiger partial charge < -0.3 is 14.8 Å². The molecule has 4 rings (SSSR count). The van der Waals surface area contributed by atoms with Crippen LogP contribution >= 0.6 is 11.3 Å². The fourth-order valence-electron chi connectivity index (χ4n) is 3.97. The molecule has 0 saturated heterocycles. The van der Waals surface area contributed by atoms with Crippen molar-refractivity contribution in [1.29, 1.82) is 0 Å². The molecule has 3 aromatic rings. The van der Waals surface area contributed by atoms with Crippen molar-refractivity contribution >= 4 is 46.3 Å². The van der Waals surface area contributed by atoms with Crippen LogP contribution in [0.5, 0.6) is 5.75 Å². The van der Waals surface area contributed by atoms with Crippen molar-refractivity contribution in [1.82, 2.24) is 5.43 Å². The summed E-state index contributed by atoms with van der Waals surface area (Å²) in [7, 11) is 0. The molecule has 2 N–H and O–H groups in total. The summed E-state index contributed by atoms with van der Waals surface area (Å²) in [5.74, 6) is -2.80. The number of carbonyl (C=O) groups excluding carboxylic acids is 4. The van der Waals surface area contributed by atoms with Gasteiger partial charge in [0.15, 0.2) is 0 Å². The Hall–Kier alpha value is -4.31.